The van der Waals surface area contributed by atoms with Crippen LogP contribution >= 0.6 is 11.8 Å². The van der Waals surface area contributed by atoms with E-state index in [1.165, 1.54) is 24.0 Å². The van der Waals surface area contributed by atoms with Crippen molar-refractivity contribution in [3.05, 3.63) is 58.3 Å². The highest BCUT2D eigenvalue weighted by molar-refractivity contribution is 8.00. The summed E-state index contributed by atoms with van der Waals surface area (Å²) in [6, 6.07) is 8.64. The molecule has 2 atom stereocenters. The highest BCUT2D eigenvalue weighted by Gasteiger charge is 2.33. The topological polar surface area (TPSA) is 106 Å². The largest absolute Gasteiger partial charge is 0.443 e. The van der Waals surface area contributed by atoms with Crippen LogP contribution in [0.25, 0.3) is 11.0 Å². The molecule has 5 heterocycles. The molecule has 2 aromatic heterocycles. The monoisotopic (exact) mass is 495 g/mol. The van der Waals surface area contributed by atoms with E-state index in [2.05, 4.69) is 15.6 Å². The van der Waals surface area contributed by atoms with E-state index in [0.29, 0.717) is 66.3 Å². The predicted octanol–water partition coefficient (Wildman–Crippen LogP) is 2.68. The minimum absolute atomic E-state index is 0.0617. The third-order valence-electron chi connectivity index (χ3n) is 6.63. The Kier molecular flexibility index (Phi) is 5.45. The molecule has 0 aliphatic carbocycles. The molecule has 9 nitrogen and oxygen atoms in total. The zero-order chi connectivity index (χ0) is 24.1. The molecule has 0 unspecified atom stereocenters. The van der Waals surface area contributed by atoms with Gasteiger partial charge in [0.25, 0.3) is 5.56 Å². The number of hydrogen-bond acceptors (Lipinski definition) is 7. The molecule has 2 amide bonds. The summed E-state index contributed by atoms with van der Waals surface area (Å²) in [5.74, 6) is -0.198. The Hall–Kier alpha value is -3.44. The number of carbonyl (C=O) groups is 2. The standard InChI is InChI=1S/C24H22FN5O4S/c25-16-9-27-17-2-4-21(32)30-10-13(22(16)23(17)30)5-6-26-8-15-11-29(24(33)34-15)14-1-3-19-18(7-14)28-20(31)12-35-19/h1-4,7,9,13,15,26H,5-6,8,10-12H2,(H,28,31)/t13-,15-/m0/s1. The highest BCUT2D eigenvalue weighted by atomic mass is 32.2. The summed E-state index contributed by atoms with van der Waals surface area (Å²) in [7, 11) is 0. The van der Waals surface area contributed by atoms with E-state index in [4.69, 9.17) is 4.74 Å². The number of anilines is 2. The van der Waals surface area contributed by atoms with Gasteiger partial charge in [0.15, 0.2) is 0 Å². The first-order chi connectivity index (χ1) is 17.0. The number of amides is 2. The van der Waals surface area contributed by atoms with Crippen LogP contribution in [0.1, 0.15) is 17.9 Å². The summed E-state index contributed by atoms with van der Waals surface area (Å²) in [5, 5.41) is 6.14. The first-order valence-corrected chi connectivity index (χ1v) is 12.4. The summed E-state index contributed by atoms with van der Waals surface area (Å²) in [4.78, 5) is 43.0. The van der Waals surface area contributed by atoms with E-state index in [9.17, 15) is 18.8 Å². The molecular formula is C24H22FN5O4S. The van der Waals surface area contributed by atoms with Gasteiger partial charge in [0.05, 0.1) is 35.2 Å². The van der Waals surface area contributed by atoms with Gasteiger partial charge < -0.3 is 19.9 Å². The SMILES string of the molecule is O=C1CSc2ccc(N3C[C@H](CNCC[C@H]4Cn5c(=O)ccc6ncc(F)c4c65)OC3=O)cc2N1. The second-order valence-electron chi connectivity index (χ2n) is 8.86. The Morgan fingerprint density at radius 3 is 2.97 bits per heavy atom. The molecule has 1 fully saturated rings. The number of pyridine rings is 2. The minimum Gasteiger partial charge on any atom is -0.443 e. The van der Waals surface area contributed by atoms with Gasteiger partial charge in [0.2, 0.25) is 5.91 Å². The van der Waals surface area contributed by atoms with E-state index in [1.807, 2.05) is 12.1 Å². The van der Waals surface area contributed by atoms with Gasteiger partial charge in [0, 0.05) is 41.2 Å². The molecule has 0 spiro atoms. The molecule has 1 saturated heterocycles. The molecule has 6 rings (SSSR count). The number of hydrogen-bond donors (Lipinski definition) is 2. The van der Waals surface area contributed by atoms with Crippen molar-refractivity contribution in [1.82, 2.24) is 14.9 Å². The van der Waals surface area contributed by atoms with Crippen molar-refractivity contribution < 1.29 is 18.7 Å². The fourth-order valence-corrected chi connectivity index (χ4v) is 5.79. The van der Waals surface area contributed by atoms with Crippen LogP contribution in [0.4, 0.5) is 20.6 Å². The van der Waals surface area contributed by atoms with E-state index >= 15 is 0 Å². The summed E-state index contributed by atoms with van der Waals surface area (Å²) >= 11 is 1.47. The number of fused-ring (bicyclic) bond motifs is 1. The molecule has 0 saturated carbocycles. The molecule has 3 aromatic rings. The fourth-order valence-electron chi connectivity index (χ4n) is 5.00. The Balaban J connectivity index is 1.06. The minimum atomic E-state index is -0.432. The summed E-state index contributed by atoms with van der Waals surface area (Å²) in [6.07, 6.45) is 1.08. The van der Waals surface area contributed by atoms with Crippen LogP contribution in [-0.2, 0) is 16.1 Å². The molecule has 3 aliphatic heterocycles. The van der Waals surface area contributed by atoms with Gasteiger partial charge in [-0.1, -0.05) is 0 Å². The number of nitrogens with zero attached hydrogens (tertiary/aromatic N) is 3. The maximum atomic E-state index is 14.6. The lowest BCUT2D eigenvalue weighted by molar-refractivity contribution is -0.113. The molecule has 1 aromatic carbocycles. The van der Waals surface area contributed by atoms with Gasteiger partial charge in [-0.2, -0.15) is 0 Å². The average Bonchev–Trinajstić information content (AvgIpc) is 3.42. The summed E-state index contributed by atoms with van der Waals surface area (Å²) < 4.78 is 21.7. The molecule has 180 valence electrons. The zero-order valence-corrected chi connectivity index (χ0v) is 19.4. The van der Waals surface area contributed by atoms with Crippen LogP contribution in [0, 0.1) is 5.82 Å². The molecule has 2 N–H and O–H groups in total. The Labute approximate surface area is 203 Å². The van der Waals surface area contributed by atoms with E-state index in [1.54, 1.807) is 21.6 Å². The van der Waals surface area contributed by atoms with E-state index < -0.39 is 6.09 Å². The van der Waals surface area contributed by atoms with Crippen LogP contribution in [0.3, 0.4) is 0 Å². The zero-order valence-electron chi connectivity index (χ0n) is 18.6. The van der Waals surface area contributed by atoms with Crippen molar-refractivity contribution in [1.29, 1.82) is 0 Å². The van der Waals surface area contributed by atoms with Gasteiger partial charge in [-0.25, -0.2) is 9.18 Å². The average molecular weight is 496 g/mol. The number of aromatic nitrogens is 2. The molecule has 3 aliphatic rings. The number of halogens is 1. The Bertz CT molecular complexity index is 1430. The van der Waals surface area contributed by atoms with E-state index in [-0.39, 0.29) is 29.3 Å². The number of ether oxygens (including phenoxy) is 1. The van der Waals surface area contributed by atoms with Crippen LogP contribution < -0.4 is 21.1 Å². The van der Waals surface area contributed by atoms with Gasteiger partial charge in [-0.05, 0) is 37.2 Å². The Morgan fingerprint density at radius 2 is 2.09 bits per heavy atom. The lowest BCUT2D eigenvalue weighted by Gasteiger charge is -2.20. The fraction of sp³-hybridized carbons (Fsp3) is 0.333. The first kappa shape index (κ1) is 22.1. The third-order valence-corrected chi connectivity index (χ3v) is 7.70. The van der Waals surface area contributed by atoms with Crippen LogP contribution in [0.15, 0.2) is 46.2 Å². The predicted molar refractivity (Wildman–Crippen MR) is 130 cm³/mol. The second-order valence-corrected chi connectivity index (χ2v) is 9.88. The van der Waals surface area contributed by atoms with Crippen molar-refractivity contribution in [3.8, 4) is 0 Å². The second kappa shape index (κ2) is 8.65. The van der Waals surface area contributed by atoms with Crippen molar-refractivity contribution >= 4 is 46.2 Å². The maximum Gasteiger partial charge on any atom is 0.414 e. The maximum absolute atomic E-state index is 14.6. The highest BCUT2D eigenvalue weighted by Crippen LogP contribution is 2.36. The molecule has 0 radical (unpaired) electrons. The molecule has 0 bridgehead atoms. The Morgan fingerprint density at radius 1 is 1.20 bits per heavy atom. The van der Waals surface area contributed by atoms with Crippen LogP contribution in [0.5, 0.6) is 0 Å². The van der Waals surface area contributed by atoms with Gasteiger partial charge in [0.1, 0.15) is 11.9 Å². The number of cyclic esters (lactones) is 1. The number of nitrogens with one attached hydrogen (secondary N) is 2. The van der Waals surface area contributed by atoms with Crippen molar-refractivity contribution in [2.45, 2.75) is 29.9 Å². The smallest absolute Gasteiger partial charge is 0.414 e. The number of thioether (sulfide) groups is 1. The van der Waals surface area contributed by atoms with Crippen molar-refractivity contribution in [2.75, 3.05) is 35.6 Å². The number of rotatable bonds is 6. The quantitative estimate of drug-likeness (QED) is 0.507. The van der Waals surface area contributed by atoms with Crippen LogP contribution in [0.2, 0.25) is 0 Å². The van der Waals surface area contributed by atoms with Crippen LogP contribution in [-0.4, -0.2) is 53.0 Å². The van der Waals surface area contributed by atoms with Gasteiger partial charge >= 0.3 is 6.09 Å². The summed E-state index contributed by atoms with van der Waals surface area (Å²) in [6.45, 7) is 1.84. The number of benzene rings is 1. The molecular weight excluding hydrogens is 473 g/mol. The normalized spacial score (nSPS) is 20.8. The first-order valence-electron chi connectivity index (χ1n) is 11.4. The lowest BCUT2D eigenvalue weighted by Crippen LogP contribution is -2.32. The van der Waals surface area contributed by atoms with Crippen molar-refractivity contribution in [2.24, 2.45) is 0 Å². The molecule has 35 heavy (non-hydrogen) atoms. The van der Waals surface area contributed by atoms with E-state index in [0.717, 1.165) is 4.90 Å². The van der Waals surface area contributed by atoms with Gasteiger partial charge in [-0.15, -0.1) is 11.8 Å². The summed E-state index contributed by atoms with van der Waals surface area (Å²) in [5.41, 5.74) is 2.97. The van der Waals surface area contributed by atoms with Crippen molar-refractivity contribution in [3.63, 3.8) is 0 Å². The molecule has 11 heteroatoms. The third kappa shape index (κ3) is 3.94. The lowest BCUT2D eigenvalue weighted by atomic mass is 9.97. The number of carbonyl (C=O) groups excluding carboxylic acids is 2. The van der Waals surface area contributed by atoms with Gasteiger partial charge in [-0.3, -0.25) is 19.5 Å².